The van der Waals surface area contributed by atoms with E-state index in [1.165, 1.54) is 18.5 Å². The third-order valence-electron chi connectivity index (χ3n) is 2.72. The van der Waals surface area contributed by atoms with Crippen LogP contribution in [0.1, 0.15) is 28.4 Å². The molecule has 0 aliphatic carbocycles. The van der Waals surface area contributed by atoms with Gasteiger partial charge < -0.3 is 4.74 Å². The van der Waals surface area contributed by atoms with Crippen LogP contribution in [-0.4, -0.2) is 17.4 Å². The lowest BCUT2D eigenvalue weighted by molar-refractivity contribution is 0.103. The molecule has 0 aliphatic heterocycles. The van der Waals surface area contributed by atoms with Gasteiger partial charge in [0.15, 0.2) is 5.78 Å². The van der Waals surface area contributed by atoms with Gasteiger partial charge in [0.2, 0.25) is 0 Å². The van der Waals surface area contributed by atoms with Gasteiger partial charge >= 0.3 is 0 Å². The Kier molecular flexibility index (Phi) is 3.90. The van der Waals surface area contributed by atoms with E-state index in [9.17, 15) is 9.18 Å². The second-order valence-corrected chi connectivity index (χ2v) is 4.11. The second kappa shape index (κ2) is 5.61. The maximum atomic E-state index is 13.9. The Labute approximate surface area is 111 Å². The fourth-order valence-electron chi connectivity index (χ4n) is 1.77. The number of aromatic nitrogens is 1. The molecule has 0 saturated carbocycles. The van der Waals surface area contributed by atoms with Crippen LogP contribution < -0.4 is 4.74 Å². The highest BCUT2D eigenvalue weighted by Crippen LogP contribution is 2.18. The fourth-order valence-corrected chi connectivity index (χ4v) is 1.77. The van der Waals surface area contributed by atoms with Crippen molar-refractivity contribution in [1.29, 1.82) is 0 Å². The number of benzene rings is 1. The number of pyridine rings is 1. The quantitative estimate of drug-likeness (QED) is 0.792. The fraction of sp³-hybridized carbons (Fsp3) is 0.200. The molecule has 2 rings (SSSR count). The topological polar surface area (TPSA) is 39.2 Å². The third kappa shape index (κ3) is 2.78. The summed E-state index contributed by atoms with van der Waals surface area (Å²) in [4.78, 5) is 16.2. The van der Waals surface area contributed by atoms with Gasteiger partial charge in [-0.15, -0.1) is 0 Å². The molecule has 0 bridgehead atoms. The van der Waals surface area contributed by atoms with Gasteiger partial charge in [-0.25, -0.2) is 4.39 Å². The Hall–Kier alpha value is -2.23. The number of hydrogen-bond donors (Lipinski definition) is 0. The molecule has 3 nitrogen and oxygen atoms in total. The second-order valence-electron chi connectivity index (χ2n) is 4.11. The predicted molar refractivity (Wildman–Crippen MR) is 70.0 cm³/mol. The van der Waals surface area contributed by atoms with Crippen molar-refractivity contribution in [2.75, 3.05) is 6.61 Å². The number of aryl methyl sites for hydroxylation is 1. The van der Waals surface area contributed by atoms with Crippen LogP contribution in [0.15, 0.2) is 36.7 Å². The van der Waals surface area contributed by atoms with Crippen molar-refractivity contribution < 1.29 is 13.9 Å². The number of halogens is 1. The number of carbonyl (C=O) groups is 1. The zero-order valence-electron chi connectivity index (χ0n) is 10.8. The summed E-state index contributed by atoms with van der Waals surface area (Å²) in [5.74, 6) is -0.383. The SMILES string of the molecule is CCOc1cncc(C(=O)c2cccc(C)c2F)c1. The summed E-state index contributed by atoms with van der Waals surface area (Å²) in [6.45, 7) is 3.95. The molecule has 0 aliphatic rings. The molecule has 1 aromatic heterocycles. The van der Waals surface area contributed by atoms with Crippen LogP contribution >= 0.6 is 0 Å². The minimum atomic E-state index is -0.491. The molecule has 2 aromatic rings. The molecule has 0 unspecified atom stereocenters. The van der Waals surface area contributed by atoms with Crippen molar-refractivity contribution in [2.24, 2.45) is 0 Å². The Morgan fingerprint density at radius 3 is 2.89 bits per heavy atom. The molecule has 98 valence electrons. The summed E-state index contributed by atoms with van der Waals surface area (Å²) in [6, 6.07) is 6.32. The maximum Gasteiger partial charge on any atom is 0.197 e. The normalized spacial score (nSPS) is 10.3. The van der Waals surface area contributed by atoms with Crippen molar-refractivity contribution >= 4 is 5.78 Å². The number of rotatable bonds is 4. The third-order valence-corrected chi connectivity index (χ3v) is 2.72. The van der Waals surface area contributed by atoms with E-state index >= 15 is 0 Å². The Balaban J connectivity index is 2.38. The van der Waals surface area contributed by atoms with E-state index in [2.05, 4.69) is 4.98 Å². The highest BCUT2D eigenvalue weighted by Gasteiger charge is 2.16. The van der Waals surface area contributed by atoms with E-state index < -0.39 is 11.6 Å². The van der Waals surface area contributed by atoms with E-state index in [1.807, 2.05) is 6.92 Å². The first-order chi connectivity index (χ1) is 9.13. The van der Waals surface area contributed by atoms with Crippen molar-refractivity contribution in [3.05, 3.63) is 59.2 Å². The van der Waals surface area contributed by atoms with Crippen molar-refractivity contribution in [3.63, 3.8) is 0 Å². The summed E-state index contributed by atoms with van der Waals surface area (Å²) < 4.78 is 19.2. The summed E-state index contributed by atoms with van der Waals surface area (Å²) in [6.07, 6.45) is 2.93. The van der Waals surface area contributed by atoms with E-state index in [1.54, 1.807) is 25.1 Å². The average Bonchev–Trinajstić information content (AvgIpc) is 2.42. The van der Waals surface area contributed by atoms with Crippen LogP contribution in [0, 0.1) is 12.7 Å². The van der Waals surface area contributed by atoms with Gasteiger partial charge in [0.05, 0.1) is 18.4 Å². The lowest BCUT2D eigenvalue weighted by atomic mass is 10.0. The monoisotopic (exact) mass is 259 g/mol. The minimum absolute atomic E-state index is 0.0513. The lowest BCUT2D eigenvalue weighted by Crippen LogP contribution is -2.06. The van der Waals surface area contributed by atoms with Gasteiger partial charge in [-0.05, 0) is 31.5 Å². The molecule has 0 saturated heterocycles. The zero-order chi connectivity index (χ0) is 13.8. The molecule has 0 N–H and O–H groups in total. The summed E-state index contributed by atoms with van der Waals surface area (Å²) in [7, 11) is 0. The molecular formula is C15H14FNO2. The van der Waals surface area contributed by atoms with Crippen molar-refractivity contribution in [3.8, 4) is 5.75 Å². The summed E-state index contributed by atoms with van der Waals surface area (Å²) in [5, 5.41) is 0. The average molecular weight is 259 g/mol. The number of carbonyl (C=O) groups excluding carboxylic acids is 1. The molecule has 1 aromatic carbocycles. The lowest BCUT2D eigenvalue weighted by Gasteiger charge is -2.06. The number of ketones is 1. The van der Waals surface area contributed by atoms with Gasteiger partial charge in [-0.2, -0.15) is 0 Å². The molecule has 0 amide bonds. The van der Waals surface area contributed by atoms with Crippen LogP contribution in [0.25, 0.3) is 0 Å². The molecule has 0 radical (unpaired) electrons. The van der Waals surface area contributed by atoms with Gasteiger partial charge in [-0.1, -0.05) is 12.1 Å². The van der Waals surface area contributed by atoms with Crippen LogP contribution in [0.4, 0.5) is 4.39 Å². The molecular weight excluding hydrogens is 245 g/mol. The van der Waals surface area contributed by atoms with Crippen LogP contribution in [-0.2, 0) is 0 Å². The van der Waals surface area contributed by atoms with E-state index in [4.69, 9.17) is 4.74 Å². The van der Waals surface area contributed by atoms with Gasteiger partial charge in [-0.3, -0.25) is 9.78 Å². The molecule has 0 fully saturated rings. The molecule has 0 atom stereocenters. The van der Waals surface area contributed by atoms with Crippen molar-refractivity contribution in [1.82, 2.24) is 4.98 Å². The summed E-state index contributed by atoms with van der Waals surface area (Å²) in [5.41, 5.74) is 0.811. The predicted octanol–water partition coefficient (Wildman–Crippen LogP) is 3.16. The number of nitrogens with zero attached hydrogens (tertiary/aromatic N) is 1. The largest absolute Gasteiger partial charge is 0.492 e. The maximum absolute atomic E-state index is 13.9. The van der Waals surface area contributed by atoms with Crippen LogP contribution in [0.3, 0.4) is 0 Å². The van der Waals surface area contributed by atoms with Crippen LogP contribution in [0.5, 0.6) is 5.75 Å². The molecule has 19 heavy (non-hydrogen) atoms. The highest BCUT2D eigenvalue weighted by molar-refractivity contribution is 6.09. The molecule has 1 heterocycles. The van der Waals surface area contributed by atoms with E-state index in [-0.39, 0.29) is 5.56 Å². The molecule has 0 spiro atoms. The van der Waals surface area contributed by atoms with E-state index in [0.29, 0.717) is 23.5 Å². The van der Waals surface area contributed by atoms with Crippen molar-refractivity contribution in [2.45, 2.75) is 13.8 Å². The minimum Gasteiger partial charge on any atom is -0.492 e. The standard InChI is InChI=1S/C15H14FNO2/c1-3-19-12-7-11(8-17-9-12)15(18)13-6-4-5-10(2)14(13)16/h4-9H,3H2,1-2H3. The first kappa shape index (κ1) is 13.2. The summed E-state index contributed by atoms with van der Waals surface area (Å²) >= 11 is 0. The van der Waals surface area contributed by atoms with Gasteiger partial charge in [0.25, 0.3) is 0 Å². The Morgan fingerprint density at radius 1 is 1.37 bits per heavy atom. The first-order valence-corrected chi connectivity index (χ1v) is 6.01. The van der Waals surface area contributed by atoms with E-state index in [0.717, 1.165) is 0 Å². The molecule has 4 heteroatoms. The van der Waals surface area contributed by atoms with Crippen LogP contribution in [0.2, 0.25) is 0 Å². The Morgan fingerprint density at radius 2 is 2.16 bits per heavy atom. The number of ether oxygens (including phenoxy) is 1. The smallest absolute Gasteiger partial charge is 0.197 e. The Bertz CT molecular complexity index is 611. The highest BCUT2D eigenvalue weighted by atomic mass is 19.1. The van der Waals surface area contributed by atoms with Gasteiger partial charge in [0, 0.05) is 11.8 Å². The number of hydrogen-bond acceptors (Lipinski definition) is 3. The van der Waals surface area contributed by atoms with Gasteiger partial charge in [0.1, 0.15) is 11.6 Å². The zero-order valence-corrected chi connectivity index (χ0v) is 10.8. The first-order valence-electron chi connectivity index (χ1n) is 6.01.